The van der Waals surface area contributed by atoms with Crippen LogP contribution in [0.4, 0.5) is 0 Å². The van der Waals surface area contributed by atoms with Crippen molar-refractivity contribution in [3.05, 3.63) is 93.4 Å². The number of rotatable bonds is 7. The van der Waals surface area contributed by atoms with Crippen LogP contribution in [-0.4, -0.2) is 41.3 Å². The Morgan fingerprint density at radius 1 is 0.857 bits per heavy atom. The minimum absolute atomic E-state index is 0.144. The van der Waals surface area contributed by atoms with Crippen LogP contribution in [-0.2, 0) is 20.9 Å². The third kappa shape index (κ3) is 5.26. The van der Waals surface area contributed by atoms with Crippen molar-refractivity contribution in [2.75, 3.05) is 20.3 Å². The molecule has 1 aliphatic heterocycles. The number of carbonyl (C=O) groups is 2. The van der Waals surface area contributed by atoms with Gasteiger partial charge in [-0.15, -0.1) is 0 Å². The van der Waals surface area contributed by atoms with Gasteiger partial charge in [0.05, 0.1) is 0 Å². The van der Waals surface area contributed by atoms with Gasteiger partial charge in [0.1, 0.15) is 0 Å². The average Bonchev–Trinajstić information content (AvgIpc) is 3.27. The van der Waals surface area contributed by atoms with Gasteiger partial charge in [0.15, 0.2) is 11.6 Å². The van der Waals surface area contributed by atoms with Crippen LogP contribution in [0.5, 0.6) is 0 Å². The number of hydrogen-bond donors (Lipinski definition) is 0. The van der Waals surface area contributed by atoms with Gasteiger partial charge in [-0.05, 0) is 59.4 Å². The molecular formula is C36H41ClN2O3. The molecule has 2 aliphatic carbocycles. The van der Waals surface area contributed by atoms with Crippen molar-refractivity contribution in [2.24, 2.45) is 10.8 Å². The molecule has 0 N–H and O–H groups in total. The van der Waals surface area contributed by atoms with Gasteiger partial charge in [-0.2, -0.15) is 0 Å². The number of carbonyl (C=O) groups excluding carboxylic acids is 2. The zero-order valence-corrected chi connectivity index (χ0v) is 26.2. The lowest BCUT2D eigenvalue weighted by atomic mass is 9.63. The third-order valence-corrected chi connectivity index (χ3v) is 9.40. The zero-order chi connectivity index (χ0) is 29.8. The fraction of sp³-hybridized carbons (Fsp3) is 0.444. The number of allylic oxidation sites excluding steroid dienone is 4. The highest BCUT2D eigenvalue weighted by Gasteiger charge is 2.49. The molecule has 0 saturated carbocycles. The highest BCUT2D eigenvalue weighted by atomic mass is 35.5. The van der Waals surface area contributed by atoms with Gasteiger partial charge in [0, 0.05) is 90.2 Å². The minimum Gasteiger partial charge on any atom is -0.385 e. The molecule has 220 valence electrons. The number of para-hydroxylation sites is 1. The monoisotopic (exact) mass is 584 g/mol. The second-order valence-corrected chi connectivity index (χ2v) is 14.3. The quantitative estimate of drug-likeness (QED) is 0.264. The van der Waals surface area contributed by atoms with Crippen molar-refractivity contribution in [1.29, 1.82) is 0 Å². The van der Waals surface area contributed by atoms with E-state index < -0.39 is 0 Å². The molecule has 2 aromatic carbocycles. The fourth-order valence-electron chi connectivity index (χ4n) is 7.42. The molecule has 0 amide bonds. The molecule has 42 heavy (non-hydrogen) atoms. The first kappa shape index (κ1) is 28.9. The number of ether oxygens (including phenoxy) is 1. The maximum absolute atomic E-state index is 14.2. The Bertz CT molecular complexity index is 1570. The van der Waals surface area contributed by atoms with Crippen LogP contribution in [0.25, 0.3) is 10.9 Å². The van der Waals surface area contributed by atoms with E-state index in [1.165, 1.54) is 0 Å². The molecule has 0 saturated heterocycles. The van der Waals surface area contributed by atoms with E-state index in [1.807, 2.05) is 12.1 Å². The Hall–Kier alpha value is -3.15. The summed E-state index contributed by atoms with van der Waals surface area (Å²) in [6.07, 6.45) is 5.62. The Kier molecular flexibility index (Phi) is 7.47. The number of methoxy groups -OCH3 is 1. The summed E-state index contributed by atoms with van der Waals surface area (Å²) in [6.45, 7) is 10.8. The van der Waals surface area contributed by atoms with E-state index in [0.29, 0.717) is 31.0 Å². The summed E-state index contributed by atoms with van der Waals surface area (Å²) in [7, 11) is 1.72. The van der Waals surface area contributed by atoms with E-state index in [4.69, 9.17) is 16.3 Å². The minimum atomic E-state index is -0.364. The van der Waals surface area contributed by atoms with Gasteiger partial charge in [-0.1, -0.05) is 69.6 Å². The summed E-state index contributed by atoms with van der Waals surface area (Å²) in [6, 6.07) is 16.3. The lowest BCUT2D eigenvalue weighted by Gasteiger charge is -2.49. The smallest absolute Gasteiger partial charge is 0.162 e. The third-order valence-electron chi connectivity index (χ3n) is 9.15. The van der Waals surface area contributed by atoms with Gasteiger partial charge in [-0.25, -0.2) is 0 Å². The lowest BCUT2D eigenvalue weighted by molar-refractivity contribution is -0.119. The molecule has 0 fully saturated rings. The van der Waals surface area contributed by atoms with Gasteiger partial charge in [0.2, 0.25) is 0 Å². The maximum Gasteiger partial charge on any atom is 0.162 e. The van der Waals surface area contributed by atoms with Crippen molar-refractivity contribution < 1.29 is 14.3 Å². The Labute approximate surface area is 254 Å². The van der Waals surface area contributed by atoms with Gasteiger partial charge >= 0.3 is 0 Å². The second-order valence-electron chi connectivity index (χ2n) is 13.9. The summed E-state index contributed by atoms with van der Waals surface area (Å²) in [4.78, 5) is 30.8. The summed E-state index contributed by atoms with van der Waals surface area (Å²) >= 11 is 6.17. The molecule has 0 unspecified atom stereocenters. The first-order valence-electron chi connectivity index (χ1n) is 15.1. The number of halogens is 1. The van der Waals surface area contributed by atoms with Crippen molar-refractivity contribution in [1.82, 2.24) is 9.47 Å². The molecule has 3 aromatic rings. The van der Waals surface area contributed by atoms with Crippen LogP contribution >= 0.6 is 11.6 Å². The number of Topliss-reactive ketones (excluding diaryl/α,β-unsaturated/α-hetero) is 2. The second kappa shape index (κ2) is 10.8. The molecule has 6 heteroatoms. The average molecular weight is 585 g/mol. The van der Waals surface area contributed by atoms with E-state index in [2.05, 4.69) is 79.8 Å². The normalized spacial score (nSPS) is 20.4. The first-order chi connectivity index (χ1) is 20.0. The van der Waals surface area contributed by atoms with Gasteiger partial charge in [-0.3, -0.25) is 9.59 Å². The van der Waals surface area contributed by atoms with Crippen molar-refractivity contribution in [2.45, 2.75) is 72.3 Å². The number of fused-ring (bicyclic) bond motifs is 1. The van der Waals surface area contributed by atoms with Crippen LogP contribution in [0.2, 0.25) is 5.02 Å². The predicted molar refractivity (Wildman–Crippen MR) is 169 cm³/mol. The van der Waals surface area contributed by atoms with Crippen LogP contribution in [0.15, 0.2) is 77.3 Å². The molecule has 0 atom stereocenters. The standard InChI is InChI=1S/C36H41ClN2O3/c1-35(2)17-28-33(30(40)19-35)32(34-29(39(28)15-8-16-42-5)18-36(3,4)20-31(34)41)26-22-38(27-10-7-6-9-25(26)27)21-23-11-13-24(37)14-12-23/h6-7,9-14,22,32H,8,15-21H2,1-5H3. The van der Waals surface area contributed by atoms with Crippen LogP contribution in [0.3, 0.4) is 0 Å². The Balaban J connectivity index is 1.58. The van der Waals surface area contributed by atoms with Crippen molar-refractivity contribution in [3.8, 4) is 0 Å². The van der Waals surface area contributed by atoms with E-state index >= 15 is 0 Å². The topological polar surface area (TPSA) is 51.5 Å². The molecule has 1 aromatic heterocycles. The van der Waals surface area contributed by atoms with Crippen LogP contribution < -0.4 is 0 Å². The zero-order valence-electron chi connectivity index (χ0n) is 25.4. The molecular weight excluding hydrogens is 544 g/mol. The summed E-state index contributed by atoms with van der Waals surface area (Å²) in [5.74, 6) is -0.0272. The highest BCUT2D eigenvalue weighted by molar-refractivity contribution is 6.30. The molecule has 6 rings (SSSR count). The van der Waals surface area contributed by atoms with E-state index in [-0.39, 0.29) is 28.3 Å². The highest BCUT2D eigenvalue weighted by Crippen LogP contribution is 2.55. The predicted octanol–water partition coefficient (Wildman–Crippen LogP) is 8.07. The van der Waals surface area contributed by atoms with E-state index in [0.717, 1.165) is 70.4 Å². The molecule has 0 spiro atoms. The molecule has 2 heterocycles. The molecule has 0 bridgehead atoms. The van der Waals surface area contributed by atoms with E-state index in [9.17, 15) is 9.59 Å². The van der Waals surface area contributed by atoms with Gasteiger partial charge < -0.3 is 14.2 Å². The number of hydrogen-bond acceptors (Lipinski definition) is 4. The van der Waals surface area contributed by atoms with Gasteiger partial charge in [0.25, 0.3) is 0 Å². The van der Waals surface area contributed by atoms with Crippen molar-refractivity contribution >= 4 is 34.1 Å². The summed E-state index contributed by atoms with van der Waals surface area (Å²) in [5, 5.41) is 1.81. The summed E-state index contributed by atoms with van der Waals surface area (Å²) in [5.41, 5.74) is 6.88. The number of aromatic nitrogens is 1. The SMILES string of the molecule is COCCCN1C2=C(C(=O)CC(C)(C)C2)C(c2cn(Cc3ccc(Cl)cc3)c3ccccc23)C2=C1CC(C)(C)CC2=O. The fourth-order valence-corrected chi connectivity index (χ4v) is 7.54. The first-order valence-corrected chi connectivity index (χ1v) is 15.5. The number of benzene rings is 2. The molecule has 3 aliphatic rings. The summed E-state index contributed by atoms with van der Waals surface area (Å²) < 4.78 is 7.68. The van der Waals surface area contributed by atoms with E-state index in [1.54, 1.807) is 7.11 Å². The van der Waals surface area contributed by atoms with Crippen LogP contribution in [0.1, 0.15) is 76.8 Å². The van der Waals surface area contributed by atoms with Crippen LogP contribution in [0, 0.1) is 10.8 Å². The Morgan fingerprint density at radius 3 is 2.05 bits per heavy atom. The number of ketones is 2. The molecule has 0 radical (unpaired) electrons. The largest absolute Gasteiger partial charge is 0.385 e. The van der Waals surface area contributed by atoms with Crippen molar-refractivity contribution in [3.63, 3.8) is 0 Å². The number of nitrogens with zero attached hydrogens (tertiary/aromatic N) is 2. The maximum atomic E-state index is 14.2. The lowest BCUT2D eigenvalue weighted by Crippen LogP contribution is -2.44. The molecule has 5 nitrogen and oxygen atoms in total. The Morgan fingerprint density at radius 2 is 1.45 bits per heavy atom.